The zero-order chi connectivity index (χ0) is 20.1. The van der Waals surface area contributed by atoms with Gasteiger partial charge in [-0.1, -0.05) is 0 Å². The third-order valence-electron chi connectivity index (χ3n) is 6.39. The molecular weight excluding hydrogens is 365 g/mol. The predicted octanol–water partition coefficient (Wildman–Crippen LogP) is 2.84. The Morgan fingerprint density at radius 1 is 1.21 bits per heavy atom. The lowest BCUT2D eigenvalue weighted by Crippen LogP contribution is -2.58. The molecule has 4 bridgehead atoms. The van der Waals surface area contributed by atoms with E-state index in [2.05, 4.69) is 5.32 Å². The predicted molar refractivity (Wildman–Crippen MR) is 98.1 cm³/mol. The number of hydrogen-bond donors (Lipinski definition) is 2. The molecule has 2 unspecified atom stereocenters. The SMILES string of the molecule is CC(=O)Nc1ccc(C(=O)COC(=O)C23C[C@@H]4C[C@@H](CC(O)(C4)C2)C3)c(F)c1. The van der Waals surface area contributed by atoms with E-state index in [1.54, 1.807) is 0 Å². The van der Waals surface area contributed by atoms with Gasteiger partial charge in [0.25, 0.3) is 0 Å². The van der Waals surface area contributed by atoms with Gasteiger partial charge in [0.05, 0.1) is 16.6 Å². The number of rotatable bonds is 5. The Morgan fingerprint density at radius 2 is 1.89 bits per heavy atom. The molecule has 6 nitrogen and oxygen atoms in total. The summed E-state index contributed by atoms with van der Waals surface area (Å²) in [7, 11) is 0. The molecule has 4 aliphatic carbocycles. The Balaban J connectivity index is 1.41. The minimum absolute atomic E-state index is 0.189. The molecule has 0 radical (unpaired) electrons. The molecule has 150 valence electrons. The molecule has 1 aromatic carbocycles. The monoisotopic (exact) mass is 389 g/mol. The van der Waals surface area contributed by atoms with Crippen LogP contribution in [-0.4, -0.2) is 35.0 Å². The van der Waals surface area contributed by atoms with Crippen molar-refractivity contribution >= 4 is 23.3 Å². The summed E-state index contributed by atoms with van der Waals surface area (Å²) in [5.41, 5.74) is -1.45. The normalized spacial score (nSPS) is 32.8. The number of anilines is 1. The van der Waals surface area contributed by atoms with E-state index in [0.29, 0.717) is 31.1 Å². The van der Waals surface area contributed by atoms with Gasteiger partial charge in [-0.15, -0.1) is 0 Å². The molecule has 7 heteroatoms. The first-order valence-electron chi connectivity index (χ1n) is 9.68. The minimum Gasteiger partial charge on any atom is -0.457 e. The van der Waals surface area contributed by atoms with Gasteiger partial charge in [0, 0.05) is 12.6 Å². The highest BCUT2D eigenvalue weighted by atomic mass is 19.1. The van der Waals surface area contributed by atoms with E-state index in [-0.39, 0.29) is 17.2 Å². The van der Waals surface area contributed by atoms with E-state index >= 15 is 0 Å². The van der Waals surface area contributed by atoms with Gasteiger partial charge in [0.1, 0.15) is 5.82 Å². The Bertz CT molecular complexity index is 837. The second-order valence-electron chi connectivity index (χ2n) is 8.84. The number of carbonyl (C=O) groups excluding carboxylic acids is 3. The summed E-state index contributed by atoms with van der Waals surface area (Å²) >= 11 is 0. The molecule has 28 heavy (non-hydrogen) atoms. The molecule has 0 aromatic heterocycles. The van der Waals surface area contributed by atoms with Crippen molar-refractivity contribution in [3.63, 3.8) is 0 Å². The van der Waals surface area contributed by atoms with Crippen LogP contribution in [0.3, 0.4) is 0 Å². The fraction of sp³-hybridized carbons (Fsp3) is 0.571. The van der Waals surface area contributed by atoms with Crippen LogP contribution >= 0.6 is 0 Å². The van der Waals surface area contributed by atoms with Crippen LogP contribution in [-0.2, 0) is 14.3 Å². The van der Waals surface area contributed by atoms with Crippen molar-refractivity contribution in [1.29, 1.82) is 0 Å². The molecule has 4 fully saturated rings. The van der Waals surface area contributed by atoms with Gasteiger partial charge in [0.2, 0.25) is 11.7 Å². The van der Waals surface area contributed by atoms with Crippen molar-refractivity contribution in [3.05, 3.63) is 29.6 Å². The number of hydrogen-bond acceptors (Lipinski definition) is 5. The zero-order valence-corrected chi connectivity index (χ0v) is 15.8. The van der Waals surface area contributed by atoms with Crippen molar-refractivity contribution in [3.8, 4) is 0 Å². The number of benzene rings is 1. The topological polar surface area (TPSA) is 92.7 Å². The Labute approximate surface area is 162 Å². The van der Waals surface area contributed by atoms with Crippen molar-refractivity contribution in [2.75, 3.05) is 11.9 Å². The van der Waals surface area contributed by atoms with Crippen LogP contribution in [0, 0.1) is 23.1 Å². The van der Waals surface area contributed by atoms with Gasteiger partial charge in [-0.05, 0) is 68.6 Å². The Morgan fingerprint density at radius 3 is 2.46 bits per heavy atom. The van der Waals surface area contributed by atoms with Gasteiger partial charge in [0.15, 0.2) is 6.61 Å². The van der Waals surface area contributed by atoms with Crippen molar-refractivity contribution in [2.24, 2.45) is 17.3 Å². The number of carbonyl (C=O) groups is 3. The van der Waals surface area contributed by atoms with E-state index < -0.39 is 35.2 Å². The van der Waals surface area contributed by atoms with Crippen LogP contribution in [0.15, 0.2) is 18.2 Å². The highest BCUT2D eigenvalue weighted by Crippen LogP contribution is 2.61. The van der Waals surface area contributed by atoms with Crippen LogP contribution in [0.25, 0.3) is 0 Å². The second kappa shape index (κ2) is 6.65. The van der Waals surface area contributed by atoms with Crippen LogP contribution in [0.2, 0.25) is 0 Å². The lowest BCUT2D eigenvalue weighted by atomic mass is 9.48. The quantitative estimate of drug-likeness (QED) is 0.597. The average molecular weight is 389 g/mol. The first kappa shape index (κ1) is 19.1. The zero-order valence-electron chi connectivity index (χ0n) is 15.8. The van der Waals surface area contributed by atoms with Crippen LogP contribution in [0.5, 0.6) is 0 Å². The second-order valence-corrected chi connectivity index (χ2v) is 8.84. The molecule has 2 N–H and O–H groups in total. The third kappa shape index (κ3) is 3.43. The fourth-order valence-corrected chi connectivity index (χ4v) is 5.84. The maximum absolute atomic E-state index is 14.2. The van der Waals surface area contributed by atoms with Gasteiger partial charge in [-0.25, -0.2) is 4.39 Å². The van der Waals surface area contributed by atoms with E-state index in [0.717, 1.165) is 25.3 Å². The van der Waals surface area contributed by atoms with Gasteiger partial charge in [-0.3, -0.25) is 14.4 Å². The fourth-order valence-electron chi connectivity index (χ4n) is 5.84. The first-order valence-corrected chi connectivity index (χ1v) is 9.68. The summed E-state index contributed by atoms with van der Waals surface area (Å²) in [6, 6.07) is 3.75. The summed E-state index contributed by atoms with van der Waals surface area (Å²) in [5, 5.41) is 13.2. The summed E-state index contributed by atoms with van der Waals surface area (Å²) < 4.78 is 19.5. The van der Waals surface area contributed by atoms with E-state index in [4.69, 9.17) is 4.74 Å². The lowest BCUT2D eigenvalue weighted by Gasteiger charge is -2.58. The van der Waals surface area contributed by atoms with Gasteiger partial charge >= 0.3 is 5.97 Å². The maximum Gasteiger partial charge on any atom is 0.312 e. The minimum atomic E-state index is -0.793. The number of aliphatic hydroxyl groups is 1. The molecule has 0 spiro atoms. The summed E-state index contributed by atoms with van der Waals surface area (Å²) in [5.74, 6) is -1.56. The van der Waals surface area contributed by atoms with Gasteiger partial charge in [-0.2, -0.15) is 0 Å². The molecule has 0 aliphatic heterocycles. The van der Waals surface area contributed by atoms with E-state index in [9.17, 15) is 23.9 Å². The van der Waals surface area contributed by atoms with Crippen molar-refractivity contribution < 1.29 is 28.6 Å². The highest BCUT2D eigenvalue weighted by molar-refractivity contribution is 5.99. The molecular formula is C21H24FNO5. The first-order chi connectivity index (χ1) is 13.2. The highest BCUT2D eigenvalue weighted by Gasteiger charge is 2.60. The van der Waals surface area contributed by atoms with Crippen LogP contribution in [0.1, 0.15) is 55.8 Å². The number of halogens is 1. The standard InChI is InChI=1S/C21H24FNO5/c1-12(24)23-15-2-3-16(17(22)5-15)18(25)10-28-19(26)20-6-13-4-14(7-20)9-21(27,8-13)11-20/h2-3,5,13-14,27H,4,6-11H2,1H3,(H,23,24)/t13-,14+,20?,21?. The summed E-state index contributed by atoms with van der Waals surface area (Å²) in [6.45, 7) is 0.766. The van der Waals surface area contributed by atoms with Crippen LogP contribution < -0.4 is 5.32 Å². The molecule has 4 atom stereocenters. The van der Waals surface area contributed by atoms with E-state index in [1.807, 2.05) is 0 Å². The number of amides is 1. The van der Waals surface area contributed by atoms with E-state index in [1.165, 1.54) is 19.1 Å². The summed E-state index contributed by atoms with van der Waals surface area (Å²) in [4.78, 5) is 36.2. The number of ketones is 1. The van der Waals surface area contributed by atoms with Crippen LogP contribution in [0.4, 0.5) is 10.1 Å². The third-order valence-corrected chi connectivity index (χ3v) is 6.39. The lowest BCUT2D eigenvalue weighted by molar-refractivity contribution is -0.195. The molecule has 0 heterocycles. The molecule has 0 saturated heterocycles. The Kier molecular flexibility index (Phi) is 4.53. The van der Waals surface area contributed by atoms with Gasteiger partial charge < -0.3 is 15.2 Å². The smallest absolute Gasteiger partial charge is 0.312 e. The number of nitrogens with one attached hydrogen (secondary N) is 1. The van der Waals surface area contributed by atoms with Crippen molar-refractivity contribution in [2.45, 2.75) is 51.0 Å². The molecule has 4 aliphatic rings. The van der Waals surface area contributed by atoms with Crippen molar-refractivity contribution in [1.82, 2.24) is 0 Å². The molecule has 1 aromatic rings. The average Bonchev–Trinajstić information content (AvgIpc) is 2.56. The molecule has 5 rings (SSSR count). The molecule has 4 saturated carbocycles. The maximum atomic E-state index is 14.2. The number of esters is 1. The molecule has 1 amide bonds. The Hall–Kier alpha value is -2.28. The summed E-state index contributed by atoms with van der Waals surface area (Å²) in [6.07, 6.45) is 4.30. The number of Topliss-reactive ketones (excluding diaryl/α,β-unsaturated/α-hetero) is 1. The number of ether oxygens (including phenoxy) is 1. The largest absolute Gasteiger partial charge is 0.457 e.